The first kappa shape index (κ1) is 29.6. The average Bonchev–Trinajstić information content (AvgIpc) is 2.90. The first-order valence-electron chi connectivity index (χ1n) is 14.0. The monoisotopic (exact) mass is 494 g/mol. The van der Waals surface area contributed by atoms with Gasteiger partial charge in [-0.3, -0.25) is 0 Å². The molecule has 4 nitrogen and oxygen atoms in total. The first-order chi connectivity index (χ1) is 17.6. The van der Waals surface area contributed by atoms with E-state index in [1.165, 1.54) is 64.2 Å². The van der Waals surface area contributed by atoms with E-state index in [4.69, 9.17) is 9.47 Å². The molecule has 2 rings (SSSR count). The maximum absolute atomic E-state index is 12.5. The van der Waals surface area contributed by atoms with E-state index < -0.39 is 12.1 Å². The van der Waals surface area contributed by atoms with E-state index in [0.717, 1.165) is 30.6 Å². The molecule has 4 heteroatoms. The molecule has 0 spiro atoms. The molecule has 0 bridgehead atoms. The van der Waals surface area contributed by atoms with Crippen LogP contribution in [0.25, 0.3) is 0 Å². The Labute approximate surface area is 218 Å². The molecule has 2 aromatic rings. The molecule has 1 N–H and O–H groups in total. The van der Waals surface area contributed by atoms with Crippen LogP contribution in [-0.2, 0) is 0 Å². The quantitative estimate of drug-likeness (QED) is 0.0916. The van der Waals surface area contributed by atoms with Crippen molar-refractivity contribution in [2.24, 2.45) is 0 Å². The summed E-state index contributed by atoms with van der Waals surface area (Å²) in [4.78, 5) is 12.5. The maximum Gasteiger partial charge on any atom is 0.343 e. The molecule has 0 heterocycles. The van der Waals surface area contributed by atoms with Gasteiger partial charge in [-0.15, -0.1) is 0 Å². The highest BCUT2D eigenvalue weighted by Crippen LogP contribution is 2.21. The number of rotatable bonds is 19. The van der Waals surface area contributed by atoms with Crippen LogP contribution >= 0.6 is 0 Å². The molecule has 0 saturated carbocycles. The van der Waals surface area contributed by atoms with Gasteiger partial charge < -0.3 is 14.6 Å². The summed E-state index contributed by atoms with van der Waals surface area (Å²) in [6.45, 7) is 5.15. The second kappa shape index (κ2) is 18.6. The second-order valence-electron chi connectivity index (χ2n) is 9.53. The summed E-state index contributed by atoms with van der Waals surface area (Å²) >= 11 is 0. The van der Waals surface area contributed by atoms with Gasteiger partial charge in [-0.05, 0) is 61.2 Å². The van der Waals surface area contributed by atoms with Gasteiger partial charge in [0.05, 0.1) is 18.3 Å². The third-order valence-corrected chi connectivity index (χ3v) is 6.33. The third-order valence-electron chi connectivity index (χ3n) is 6.33. The molecular formula is C32H46O4. The zero-order valence-corrected chi connectivity index (χ0v) is 22.4. The lowest BCUT2D eigenvalue weighted by molar-refractivity contribution is 0.0734. The van der Waals surface area contributed by atoms with Gasteiger partial charge in [-0.1, -0.05) is 102 Å². The summed E-state index contributed by atoms with van der Waals surface area (Å²) in [6.07, 6.45) is 19.2. The Balaban J connectivity index is 1.68. The predicted octanol–water partition coefficient (Wildman–Crippen LogP) is 8.99. The van der Waals surface area contributed by atoms with E-state index in [9.17, 15) is 9.90 Å². The van der Waals surface area contributed by atoms with Crippen molar-refractivity contribution in [3.63, 3.8) is 0 Å². The molecule has 0 fully saturated rings. The fourth-order valence-corrected chi connectivity index (χ4v) is 4.04. The highest BCUT2D eigenvalue weighted by molar-refractivity contribution is 5.91. The van der Waals surface area contributed by atoms with Crippen molar-refractivity contribution in [2.45, 2.75) is 103 Å². The van der Waals surface area contributed by atoms with E-state index in [-0.39, 0.29) is 0 Å². The molecule has 1 atom stereocenters. The van der Waals surface area contributed by atoms with Crippen molar-refractivity contribution >= 4 is 5.97 Å². The summed E-state index contributed by atoms with van der Waals surface area (Å²) in [5.41, 5.74) is 1.21. The van der Waals surface area contributed by atoms with Crippen LogP contribution in [0.15, 0.2) is 60.7 Å². The van der Waals surface area contributed by atoms with Crippen molar-refractivity contribution in [1.29, 1.82) is 0 Å². The van der Waals surface area contributed by atoms with Crippen molar-refractivity contribution in [3.05, 3.63) is 71.8 Å². The minimum absolute atomic E-state index is 0.421. The first-order valence-corrected chi connectivity index (χ1v) is 14.0. The van der Waals surface area contributed by atoms with Crippen LogP contribution in [0.3, 0.4) is 0 Å². The Morgan fingerprint density at radius 3 is 1.94 bits per heavy atom. The van der Waals surface area contributed by atoms with Crippen molar-refractivity contribution in [1.82, 2.24) is 0 Å². The number of benzene rings is 2. The number of aliphatic hydroxyl groups excluding tert-OH is 1. The molecule has 1 unspecified atom stereocenters. The van der Waals surface area contributed by atoms with Crippen molar-refractivity contribution < 1.29 is 19.4 Å². The maximum atomic E-state index is 12.5. The molecule has 0 aliphatic carbocycles. The van der Waals surface area contributed by atoms with Gasteiger partial charge in [0.2, 0.25) is 0 Å². The van der Waals surface area contributed by atoms with Crippen LogP contribution in [0, 0.1) is 0 Å². The second-order valence-corrected chi connectivity index (χ2v) is 9.53. The lowest BCUT2D eigenvalue weighted by Gasteiger charge is -2.09. The number of allylic oxidation sites excluding steroid dienone is 1. The predicted molar refractivity (Wildman–Crippen MR) is 149 cm³/mol. The topological polar surface area (TPSA) is 55.8 Å². The number of aliphatic hydroxyl groups is 1. The number of hydrogen-bond acceptors (Lipinski definition) is 4. The lowest BCUT2D eigenvalue weighted by atomic mass is 10.1. The zero-order valence-electron chi connectivity index (χ0n) is 22.4. The zero-order chi connectivity index (χ0) is 25.8. The standard InChI is InChI=1S/C32H46O4/c1-3-5-7-9-11-12-14-16-26-35-29-22-24-30(25-23-29)36-32(34)28-20-18-27(19-21-28)31(33)17-15-13-10-8-6-4-2/h15,17-25,31,33H,3-14,16,26H2,1-2H3/b17-15+. The number of esters is 1. The average molecular weight is 495 g/mol. The van der Waals surface area contributed by atoms with Gasteiger partial charge in [0.15, 0.2) is 0 Å². The molecule has 0 aliphatic rings. The van der Waals surface area contributed by atoms with Crippen LogP contribution in [0.2, 0.25) is 0 Å². The smallest absolute Gasteiger partial charge is 0.343 e. The molecule has 0 radical (unpaired) electrons. The number of unbranched alkanes of at least 4 members (excludes halogenated alkanes) is 11. The minimum atomic E-state index is -0.667. The summed E-state index contributed by atoms with van der Waals surface area (Å²) in [6, 6.07) is 14.1. The van der Waals surface area contributed by atoms with E-state index >= 15 is 0 Å². The molecule has 0 saturated heterocycles. The van der Waals surface area contributed by atoms with Crippen molar-refractivity contribution in [2.75, 3.05) is 6.61 Å². The summed E-state index contributed by atoms with van der Waals surface area (Å²) in [5, 5.41) is 10.3. The van der Waals surface area contributed by atoms with E-state index in [1.807, 2.05) is 24.3 Å². The molecule has 0 aliphatic heterocycles. The molecule has 0 amide bonds. The van der Waals surface area contributed by atoms with Crippen LogP contribution in [0.5, 0.6) is 11.5 Å². The third kappa shape index (κ3) is 12.4. The highest BCUT2D eigenvalue weighted by atomic mass is 16.5. The van der Waals surface area contributed by atoms with Gasteiger partial charge in [0.25, 0.3) is 0 Å². The van der Waals surface area contributed by atoms with Crippen LogP contribution in [0.4, 0.5) is 0 Å². The number of ether oxygens (including phenoxy) is 2. The van der Waals surface area contributed by atoms with Gasteiger partial charge in [-0.25, -0.2) is 4.79 Å². The Morgan fingerprint density at radius 2 is 1.31 bits per heavy atom. The van der Waals surface area contributed by atoms with Gasteiger partial charge in [-0.2, -0.15) is 0 Å². The molecule has 0 aromatic heterocycles. The fourth-order valence-electron chi connectivity index (χ4n) is 4.04. The molecule has 36 heavy (non-hydrogen) atoms. The molecule has 2 aromatic carbocycles. The Morgan fingerprint density at radius 1 is 0.750 bits per heavy atom. The Kier molecular flexibility index (Phi) is 15.4. The molecular weight excluding hydrogens is 448 g/mol. The summed E-state index contributed by atoms with van der Waals surface area (Å²) in [7, 11) is 0. The van der Waals surface area contributed by atoms with E-state index in [0.29, 0.717) is 17.9 Å². The van der Waals surface area contributed by atoms with Crippen molar-refractivity contribution in [3.8, 4) is 11.5 Å². The summed E-state index contributed by atoms with van der Waals surface area (Å²) in [5.74, 6) is 0.846. The van der Waals surface area contributed by atoms with E-state index in [2.05, 4.69) is 13.8 Å². The SMILES string of the molecule is CCCCCC/C=C/C(O)c1ccc(C(=O)Oc2ccc(OCCCCCCCCCC)cc2)cc1. The van der Waals surface area contributed by atoms with Crippen LogP contribution < -0.4 is 9.47 Å². The summed E-state index contributed by atoms with van der Waals surface area (Å²) < 4.78 is 11.3. The largest absolute Gasteiger partial charge is 0.494 e. The van der Waals surface area contributed by atoms with Crippen LogP contribution in [-0.4, -0.2) is 17.7 Å². The van der Waals surface area contributed by atoms with Gasteiger partial charge in [0.1, 0.15) is 11.5 Å². The molecule has 198 valence electrons. The Bertz CT molecular complexity index is 855. The van der Waals surface area contributed by atoms with Gasteiger partial charge >= 0.3 is 5.97 Å². The number of carbonyl (C=O) groups excluding carboxylic acids is 1. The van der Waals surface area contributed by atoms with E-state index in [1.54, 1.807) is 36.4 Å². The highest BCUT2D eigenvalue weighted by Gasteiger charge is 2.10. The van der Waals surface area contributed by atoms with Gasteiger partial charge in [0, 0.05) is 0 Å². The van der Waals surface area contributed by atoms with Crippen LogP contribution in [0.1, 0.15) is 119 Å². The minimum Gasteiger partial charge on any atom is -0.494 e. The fraction of sp³-hybridized carbons (Fsp3) is 0.531. The number of carbonyl (C=O) groups is 1. The number of hydrogen-bond donors (Lipinski definition) is 1. The lowest BCUT2D eigenvalue weighted by Crippen LogP contribution is -2.08. The Hall–Kier alpha value is -2.59. The normalized spacial score (nSPS) is 12.1.